The Morgan fingerprint density at radius 1 is 1.40 bits per heavy atom. The normalized spacial score (nSPS) is 28.4. The lowest BCUT2D eigenvalue weighted by atomic mass is 10.4. The van der Waals surface area contributed by atoms with Crippen molar-refractivity contribution < 1.29 is 29.6 Å². The Labute approximate surface area is 86.0 Å². The van der Waals surface area contributed by atoms with Gasteiger partial charge in [0.05, 0.1) is 0 Å². The fourth-order valence-electron chi connectivity index (χ4n) is 1.30. The predicted octanol–water partition coefficient (Wildman–Crippen LogP) is -2.41. The van der Waals surface area contributed by atoms with Crippen molar-refractivity contribution in [3.05, 3.63) is 0 Å². The molecule has 1 aliphatic rings. The number of aliphatic hydroxyl groups excluding tert-OH is 3. The van der Waals surface area contributed by atoms with Gasteiger partial charge < -0.3 is 30.1 Å². The first-order chi connectivity index (χ1) is 7.02. The van der Waals surface area contributed by atoms with E-state index in [0.29, 0.717) is 4.90 Å². The van der Waals surface area contributed by atoms with Crippen LogP contribution in [0, 0.1) is 0 Å². The number of rotatable bonds is 4. The number of aliphatic hydroxyl groups is 3. The van der Waals surface area contributed by atoms with Crippen molar-refractivity contribution in [2.24, 2.45) is 0 Å². The first-order valence-corrected chi connectivity index (χ1v) is 4.21. The minimum atomic E-state index is -1.54. The zero-order chi connectivity index (χ0) is 11.6. The summed E-state index contributed by atoms with van der Waals surface area (Å²) in [5.74, 6) is 0. The molecule has 3 atom stereocenters. The molecule has 0 spiro atoms. The van der Waals surface area contributed by atoms with Gasteiger partial charge in [-0.2, -0.15) is 0 Å². The number of amides is 2. The lowest BCUT2D eigenvalue weighted by Crippen LogP contribution is -2.50. The molecule has 0 bridgehead atoms. The van der Waals surface area contributed by atoms with E-state index in [2.05, 4.69) is 0 Å². The number of methoxy groups -OCH3 is 2. The average molecular weight is 222 g/mol. The van der Waals surface area contributed by atoms with Gasteiger partial charge in [-0.1, -0.05) is 0 Å². The van der Waals surface area contributed by atoms with Crippen LogP contribution in [-0.2, 0) is 9.47 Å². The fourth-order valence-corrected chi connectivity index (χ4v) is 1.30. The van der Waals surface area contributed by atoms with Gasteiger partial charge >= 0.3 is 6.03 Å². The molecule has 1 aliphatic heterocycles. The lowest BCUT2D eigenvalue weighted by molar-refractivity contribution is -0.219. The lowest BCUT2D eigenvalue weighted by Gasteiger charge is -2.29. The molecular formula is C7H14N2O6. The number of carbonyl (C=O) groups excluding carboxylic acids is 1. The number of carbonyl (C=O) groups is 1. The maximum Gasteiger partial charge on any atom is 0.323 e. The van der Waals surface area contributed by atoms with Gasteiger partial charge in [0.15, 0.2) is 18.7 Å². The van der Waals surface area contributed by atoms with Gasteiger partial charge in [0.1, 0.15) is 0 Å². The number of urea groups is 1. The van der Waals surface area contributed by atoms with Crippen LogP contribution in [0.1, 0.15) is 0 Å². The van der Waals surface area contributed by atoms with Gasteiger partial charge in [0, 0.05) is 14.2 Å². The molecule has 8 nitrogen and oxygen atoms in total. The molecule has 0 aromatic heterocycles. The number of nitrogens with one attached hydrogen (secondary N) is 1. The summed E-state index contributed by atoms with van der Waals surface area (Å²) in [5, 5.41) is 30.1. The molecule has 88 valence electrons. The molecule has 0 radical (unpaired) electrons. The predicted molar refractivity (Wildman–Crippen MR) is 46.2 cm³/mol. The Morgan fingerprint density at radius 3 is 2.27 bits per heavy atom. The van der Waals surface area contributed by atoms with Gasteiger partial charge in [-0.15, -0.1) is 0 Å². The monoisotopic (exact) mass is 222 g/mol. The summed E-state index contributed by atoms with van der Waals surface area (Å²) in [6.07, 6.45) is -5.59. The molecule has 2 amide bonds. The summed E-state index contributed by atoms with van der Waals surface area (Å²) >= 11 is 0. The fraction of sp³-hybridized carbons (Fsp3) is 0.857. The van der Waals surface area contributed by atoms with E-state index in [-0.39, 0.29) is 0 Å². The van der Waals surface area contributed by atoms with Gasteiger partial charge in [-0.05, 0) is 0 Å². The van der Waals surface area contributed by atoms with Crippen molar-refractivity contribution in [2.75, 3.05) is 14.2 Å². The van der Waals surface area contributed by atoms with E-state index in [9.17, 15) is 15.0 Å². The molecule has 3 unspecified atom stereocenters. The molecule has 8 heteroatoms. The van der Waals surface area contributed by atoms with Crippen LogP contribution in [0.5, 0.6) is 0 Å². The summed E-state index contributed by atoms with van der Waals surface area (Å²) in [5.41, 5.74) is 0. The van der Waals surface area contributed by atoms with E-state index >= 15 is 0 Å². The zero-order valence-corrected chi connectivity index (χ0v) is 8.32. The van der Waals surface area contributed by atoms with Crippen LogP contribution in [0.2, 0.25) is 0 Å². The Kier molecular flexibility index (Phi) is 3.83. The number of hydrogen-bond acceptors (Lipinski definition) is 6. The largest absolute Gasteiger partial charge is 0.369 e. The highest BCUT2D eigenvalue weighted by Gasteiger charge is 2.43. The Bertz CT molecular complexity index is 234. The van der Waals surface area contributed by atoms with Crippen molar-refractivity contribution in [1.29, 1.82) is 0 Å². The third kappa shape index (κ3) is 2.19. The zero-order valence-electron chi connectivity index (χ0n) is 8.32. The second kappa shape index (κ2) is 4.73. The highest BCUT2D eigenvalue weighted by Crippen LogP contribution is 2.16. The third-order valence-corrected chi connectivity index (χ3v) is 2.07. The summed E-state index contributed by atoms with van der Waals surface area (Å²) in [6, 6.07) is -0.804. The Morgan fingerprint density at radius 2 is 1.93 bits per heavy atom. The van der Waals surface area contributed by atoms with Crippen LogP contribution in [-0.4, -0.2) is 65.4 Å². The van der Waals surface area contributed by atoms with Crippen LogP contribution in [0.25, 0.3) is 0 Å². The highest BCUT2D eigenvalue weighted by atomic mass is 16.7. The second-order valence-corrected chi connectivity index (χ2v) is 2.97. The first-order valence-electron chi connectivity index (χ1n) is 4.21. The molecule has 15 heavy (non-hydrogen) atoms. The quantitative estimate of drug-likeness (QED) is 0.394. The van der Waals surface area contributed by atoms with E-state index in [0.717, 1.165) is 0 Å². The van der Waals surface area contributed by atoms with E-state index in [1.807, 2.05) is 5.32 Å². The van der Waals surface area contributed by atoms with E-state index in [1.54, 1.807) is 0 Å². The minimum Gasteiger partial charge on any atom is -0.369 e. The molecule has 1 rings (SSSR count). The molecular weight excluding hydrogens is 208 g/mol. The molecule has 0 aromatic carbocycles. The molecule has 0 saturated carbocycles. The number of nitrogens with zero attached hydrogens (tertiary/aromatic N) is 1. The Balaban J connectivity index is 2.73. The molecule has 0 aromatic rings. The SMILES string of the molecule is COC(OC)C(O)N1C(=O)NC(O)C1O. The standard InChI is InChI=1S/C7H14N2O6/c1-14-6(15-2)5(12)9-4(11)3(10)8-7(9)13/h3-6,10-12H,1-2H3,(H,8,13). The van der Waals surface area contributed by atoms with Crippen molar-refractivity contribution in [3.63, 3.8) is 0 Å². The summed E-state index contributed by atoms with van der Waals surface area (Å²) in [7, 11) is 2.54. The maximum absolute atomic E-state index is 11.2. The van der Waals surface area contributed by atoms with Crippen LogP contribution < -0.4 is 5.32 Å². The summed E-state index contributed by atoms with van der Waals surface area (Å²) in [6.45, 7) is 0. The topological polar surface area (TPSA) is 111 Å². The first kappa shape index (κ1) is 12.1. The van der Waals surface area contributed by atoms with Crippen molar-refractivity contribution >= 4 is 6.03 Å². The van der Waals surface area contributed by atoms with Crippen LogP contribution >= 0.6 is 0 Å². The third-order valence-electron chi connectivity index (χ3n) is 2.07. The van der Waals surface area contributed by atoms with E-state index in [4.69, 9.17) is 14.6 Å². The van der Waals surface area contributed by atoms with Crippen LogP contribution in [0.3, 0.4) is 0 Å². The van der Waals surface area contributed by atoms with E-state index in [1.165, 1.54) is 14.2 Å². The van der Waals surface area contributed by atoms with Crippen molar-refractivity contribution in [1.82, 2.24) is 10.2 Å². The molecule has 4 N–H and O–H groups in total. The maximum atomic E-state index is 11.2. The number of ether oxygens (including phenoxy) is 2. The van der Waals surface area contributed by atoms with Gasteiger partial charge in [0.2, 0.25) is 6.29 Å². The van der Waals surface area contributed by atoms with Crippen molar-refractivity contribution in [2.45, 2.75) is 25.0 Å². The van der Waals surface area contributed by atoms with E-state index < -0.39 is 31.0 Å². The molecule has 0 aliphatic carbocycles. The molecule has 1 fully saturated rings. The van der Waals surface area contributed by atoms with Gasteiger partial charge in [-0.25, -0.2) is 4.79 Å². The summed E-state index contributed by atoms with van der Waals surface area (Å²) < 4.78 is 9.44. The smallest absolute Gasteiger partial charge is 0.323 e. The molecule has 1 saturated heterocycles. The summed E-state index contributed by atoms with van der Waals surface area (Å²) in [4.78, 5) is 11.8. The second-order valence-electron chi connectivity index (χ2n) is 2.97. The molecule has 1 heterocycles. The van der Waals surface area contributed by atoms with Gasteiger partial charge in [-0.3, -0.25) is 4.90 Å². The van der Waals surface area contributed by atoms with Crippen LogP contribution in [0.15, 0.2) is 0 Å². The van der Waals surface area contributed by atoms with Gasteiger partial charge in [0.25, 0.3) is 0 Å². The number of hydrogen-bond donors (Lipinski definition) is 4. The minimum absolute atomic E-state index is 0.627. The average Bonchev–Trinajstić information content (AvgIpc) is 2.43. The van der Waals surface area contributed by atoms with Crippen LogP contribution in [0.4, 0.5) is 4.79 Å². The Hall–Kier alpha value is -0.930. The highest BCUT2D eigenvalue weighted by molar-refractivity contribution is 5.77. The van der Waals surface area contributed by atoms with Crippen molar-refractivity contribution in [3.8, 4) is 0 Å².